The summed E-state index contributed by atoms with van der Waals surface area (Å²) >= 11 is 1.64. The first kappa shape index (κ1) is 24.1. The predicted octanol–water partition coefficient (Wildman–Crippen LogP) is 3.41. The van der Waals surface area contributed by atoms with Gasteiger partial charge in [0, 0.05) is 50.3 Å². The van der Waals surface area contributed by atoms with Crippen LogP contribution in [0.4, 0.5) is 0 Å². The largest absolute Gasteiger partial charge is 0.458 e. The van der Waals surface area contributed by atoms with Gasteiger partial charge in [-0.3, -0.25) is 14.7 Å². The Balaban J connectivity index is 1.25. The molecule has 0 amide bonds. The van der Waals surface area contributed by atoms with Crippen molar-refractivity contribution in [2.24, 2.45) is 7.05 Å². The number of benzene rings is 1. The highest BCUT2D eigenvalue weighted by Crippen LogP contribution is 2.31. The molecule has 3 aromatic heterocycles. The van der Waals surface area contributed by atoms with Gasteiger partial charge in [-0.2, -0.15) is 0 Å². The molecule has 0 spiro atoms. The maximum atomic E-state index is 11.3. The summed E-state index contributed by atoms with van der Waals surface area (Å²) in [6.07, 6.45) is 3.97. The van der Waals surface area contributed by atoms with E-state index < -0.39 is 0 Å². The van der Waals surface area contributed by atoms with Crippen molar-refractivity contribution in [3.8, 4) is 22.8 Å². The van der Waals surface area contributed by atoms with Gasteiger partial charge in [0.1, 0.15) is 23.3 Å². The maximum absolute atomic E-state index is 11.3. The minimum atomic E-state index is -0.320. The molecule has 11 heteroatoms. The van der Waals surface area contributed by atoms with Gasteiger partial charge in [0.2, 0.25) is 0 Å². The van der Waals surface area contributed by atoms with Crippen molar-refractivity contribution in [3.05, 3.63) is 59.2 Å². The summed E-state index contributed by atoms with van der Waals surface area (Å²) in [7, 11) is 1.93. The molecule has 0 saturated heterocycles. The van der Waals surface area contributed by atoms with Gasteiger partial charge in [0.05, 0.1) is 11.9 Å². The average Bonchev–Trinajstić information content (AvgIpc) is 3.43. The number of ether oxygens (including phenoxy) is 1. The van der Waals surface area contributed by atoms with Gasteiger partial charge in [-0.1, -0.05) is 29.1 Å². The highest BCUT2D eigenvalue weighted by Gasteiger charge is 2.25. The van der Waals surface area contributed by atoms with Crippen molar-refractivity contribution in [1.29, 1.82) is 0 Å². The van der Waals surface area contributed by atoms with Crippen LogP contribution in [0.25, 0.3) is 22.8 Å². The summed E-state index contributed by atoms with van der Waals surface area (Å²) in [4.78, 5) is 22.3. The lowest BCUT2D eigenvalue weighted by atomic mass is 9.97. The number of nitrogens with zero attached hydrogens (tertiary/aromatic N) is 7. The molecule has 0 bridgehead atoms. The van der Waals surface area contributed by atoms with Crippen LogP contribution in [0.15, 0.2) is 46.3 Å². The van der Waals surface area contributed by atoms with Crippen LogP contribution < -0.4 is 0 Å². The lowest BCUT2D eigenvalue weighted by Gasteiger charge is -2.23. The van der Waals surface area contributed by atoms with Crippen molar-refractivity contribution in [2.75, 3.05) is 25.4 Å². The zero-order chi connectivity index (χ0) is 25.1. The standard InChI is InChI=1S/C25H27N7O3S/c1-16-12-27-22(13-26-16)24-28-29-25(31(24)3)36-9-8-32-7-6-18-11-19(21-10-17(2)35-30-21)4-5-20(18)23(14-32)34-15-33/h4-5,10-13,15,23H,6-9,14H2,1-3H3. The van der Waals surface area contributed by atoms with E-state index in [0.717, 1.165) is 64.3 Å². The minimum absolute atomic E-state index is 0.320. The third-order valence-electron chi connectivity index (χ3n) is 6.24. The normalized spacial score (nSPS) is 15.9. The molecular formula is C25H27N7O3S. The van der Waals surface area contributed by atoms with Crippen LogP contribution in [-0.2, 0) is 23.0 Å². The van der Waals surface area contributed by atoms with Crippen molar-refractivity contribution in [1.82, 2.24) is 34.8 Å². The monoisotopic (exact) mass is 505 g/mol. The second-order valence-corrected chi connectivity index (χ2v) is 9.83. The summed E-state index contributed by atoms with van der Waals surface area (Å²) < 4.78 is 12.7. The third kappa shape index (κ3) is 5.17. The fourth-order valence-electron chi connectivity index (χ4n) is 4.33. The van der Waals surface area contributed by atoms with Crippen molar-refractivity contribution >= 4 is 18.2 Å². The van der Waals surface area contributed by atoms with Gasteiger partial charge in [-0.05, 0) is 37.5 Å². The second kappa shape index (κ2) is 10.6. The molecule has 0 N–H and O–H groups in total. The van der Waals surface area contributed by atoms with Gasteiger partial charge in [0.15, 0.2) is 11.0 Å². The van der Waals surface area contributed by atoms with E-state index in [0.29, 0.717) is 24.5 Å². The molecule has 0 radical (unpaired) electrons. The second-order valence-electron chi connectivity index (χ2n) is 8.76. The summed E-state index contributed by atoms with van der Waals surface area (Å²) in [5.41, 5.74) is 5.56. The maximum Gasteiger partial charge on any atom is 0.293 e. The highest BCUT2D eigenvalue weighted by molar-refractivity contribution is 7.99. The minimum Gasteiger partial charge on any atom is -0.458 e. The fraction of sp³-hybridized carbons (Fsp3) is 0.360. The Hall–Kier alpha value is -3.57. The lowest BCUT2D eigenvalue weighted by Crippen LogP contribution is -2.31. The molecule has 4 aromatic rings. The third-order valence-corrected chi connectivity index (χ3v) is 7.24. The number of carbonyl (C=O) groups is 1. The molecule has 186 valence electrons. The molecule has 1 aromatic carbocycles. The molecule has 0 saturated carbocycles. The van der Waals surface area contributed by atoms with Crippen LogP contribution in [0, 0.1) is 13.8 Å². The van der Waals surface area contributed by atoms with Crippen molar-refractivity contribution in [2.45, 2.75) is 31.5 Å². The van der Waals surface area contributed by atoms with Gasteiger partial charge >= 0.3 is 0 Å². The smallest absolute Gasteiger partial charge is 0.293 e. The van der Waals surface area contributed by atoms with E-state index in [2.05, 4.69) is 36.3 Å². The van der Waals surface area contributed by atoms with E-state index in [1.165, 1.54) is 0 Å². The number of carbonyl (C=O) groups excluding carboxylic acids is 1. The Labute approximate surface area is 213 Å². The summed E-state index contributed by atoms with van der Waals surface area (Å²) in [5.74, 6) is 2.28. The Morgan fingerprint density at radius 2 is 2.06 bits per heavy atom. The van der Waals surface area contributed by atoms with Crippen LogP contribution in [0.5, 0.6) is 0 Å². The molecule has 10 nitrogen and oxygen atoms in total. The van der Waals surface area contributed by atoms with Gasteiger partial charge in [0.25, 0.3) is 6.47 Å². The van der Waals surface area contributed by atoms with Gasteiger partial charge < -0.3 is 13.8 Å². The molecule has 1 unspecified atom stereocenters. The number of fused-ring (bicyclic) bond motifs is 1. The molecule has 0 aliphatic carbocycles. The van der Waals surface area contributed by atoms with Crippen molar-refractivity contribution in [3.63, 3.8) is 0 Å². The number of hydrogen-bond donors (Lipinski definition) is 0. The van der Waals surface area contributed by atoms with E-state index in [-0.39, 0.29) is 6.10 Å². The molecule has 0 fully saturated rings. The summed E-state index contributed by atoms with van der Waals surface area (Å²) in [6.45, 7) is 6.63. The molecule has 36 heavy (non-hydrogen) atoms. The Kier molecular flexibility index (Phi) is 7.10. The van der Waals surface area contributed by atoms with Gasteiger partial charge in [-0.15, -0.1) is 10.2 Å². The molecule has 1 aliphatic rings. The summed E-state index contributed by atoms with van der Waals surface area (Å²) in [5, 5.41) is 13.6. The van der Waals surface area contributed by atoms with Crippen LogP contribution in [-0.4, -0.2) is 66.6 Å². The molecule has 4 heterocycles. The first-order valence-electron chi connectivity index (χ1n) is 11.7. The van der Waals surface area contributed by atoms with E-state index in [1.54, 1.807) is 24.2 Å². The van der Waals surface area contributed by atoms with Crippen LogP contribution >= 0.6 is 11.8 Å². The quantitative estimate of drug-likeness (QED) is 0.261. The molecule has 5 rings (SSSR count). The van der Waals surface area contributed by atoms with Gasteiger partial charge in [-0.25, -0.2) is 4.98 Å². The number of aromatic nitrogens is 6. The van der Waals surface area contributed by atoms with Crippen LogP contribution in [0.2, 0.25) is 0 Å². The zero-order valence-corrected chi connectivity index (χ0v) is 21.2. The average molecular weight is 506 g/mol. The first-order valence-corrected chi connectivity index (χ1v) is 12.7. The molecule has 1 aliphatic heterocycles. The molecule has 1 atom stereocenters. The number of thioether (sulfide) groups is 1. The SMILES string of the molecule is Cc1cnc(-c2nnc(SCCN3CCc4cc(-c5cc(C)on5)ccc4C(OC=O)C3)n2C)cn1. The topological polar surface area (TPSA) is 112 Å². The lowest BCUT2D eigenvalue weighted by molar-refractivity contribution is -0.134. The van der Waals surface area contributed by atoms with E-state index in [1.807, 2.05) is 43.7 Å². The van der Waals surface area contributed by atoms with E-state index >= 15 is 0 Å². The fourth-order valence-corrected chi connectivity index (χ4v) is 5.24. The number of aryl methyl sites for hydroxylation is 2. The zero-order valence-electron chi connectivity index (χ0n) is 20.4. The summed E-state index contributed by atoms with van der Waals surface area (Å²) in [6, 6.07) is 8.09. The van der Waals surface area contributed by atoms with E-state index in [4.69, 9.17) is 9.26 Å². The Bertz CT molecular complexity index is 1350. The first-order chi connectivity index (χ1) is 17.5. The number of rotatable bonds is 8. The van der Waals surface area contributed by atoms with Crippen LogP contribution in [0.3, 0.4) is 0 Å². The number of hydrogen-bond acceptors (Lipinski definition) is 10. The predicted molar refractivity (Wildman–Crippen MR) is 134 cm³/mol. The van der Waals surface area contributed by atoms with Crippen molar-refractivity contribution < 1.29 is 14.1 Å². The van der Waals surface area contributed by atoms with Crippen LogP contribution in [0.1, 0.15) is 28.7 Å². The highest BCUT2D eigenvalue weighted by atomic mass is 32.2. The Morgan fingerprint density at radius 3 is 2.81 bits per heavy atom. The molecular weight excluding hydrogens is 478 g/mol. The van der Waals surface area contributed by atoms with E-state index in [9.17, 15) is 4.79 Å². The Morgan fingerprint density at radius 1 is 1.17 bits per heavy atom.